The van der Waals surface area contributed by atoms with E-state index in [1.807, 2.05) is 40.7 Å². The number of carbonyl (C=O) groups excluding carboxylic acids is 1. The van der Waals surface area contributed by atoms with Crippen LogP contribution in [0.1, 0.15) is 51.5 Å². The topological polar surface area (TPSA) is 84.1 Å². The van der Waals surface area contributed by atoms with Crippen molar-refractivity contribution in [1.29, 1.82) is 0 Å². The largest absolute Gasteiger partial charge is 0.342 e. The molecule has 6 nitrogen and oxygen atoms in total. The number of aromatic amines is 1. The molecule has 140 valence electrons. The van der Waals surface area contributed by atoms with E-state index in [9.17, 15) is 9.59 Å². The molecular weight excluding hydrogens is 328 g/mol. The Labute approximate surface area is 153 Å². The molecule has 3 N–H and O–H groups in total. The summed E-state index contributed by atoms with van der Waals surface area (Å²) in [6, 6.07) is 7.93. The second kappa shape index (κ2) is 6.58. The van der Waals surface area contributed by atoms with Crippen LogP contribution >= 0.6 is 0 Å². The molecule has 4 rings (SSSR count). The average Bonchev–Trinajstić information content (AvgIpc) is 2.97. The second-order valence-electron chi connectivity index (χ2n) is 8.18. The Morgan fingerprint density at radius 3 is 2.65 bits per heavy atom. The van der Waals surface area contributed by atoms with Crippen LogP contribution in [0.2, 0.25) is 0 Å². The summed E-state index contributed by atoms with van der Waals surface area (Å²) in [5, 5.41) is 0. The van der Waals surface area contributed by atoms with Crippen LogP contribution in [-0.2, 0) is 4.79 Å². The Morgan fingerprint density at radius 2 is 1.92 bits per heavy atom. The maximum atomic E-state index is 13.0. The number of benzene rings is 1. The van der Waals surface area contributed by atoms with Crippen LogP contribution in [0.25, 0.3) is 11.0 Å². The molecule has 1 aromatic heterocycles. The van der Waals surface area contributed by atoms with Gasteiger partial charge >= 0.3 is 5.69 Å². The lowest BCUT2D eigenvalue weighted by Crippen LogP contribution is -2.55. The zero-order valence-corrected chi connectivity index (χ0v) is 15.4. The van der Waals surface area contributed by atoms with Crippen molar-refractivity contribution in [3.05, 3.63) is 34.7 Å². The van der Waals surface area contributed by atoms with E-state index >= 15 is 0 Å². The van der Waals surface area contributed by atoms with Crippen LogP contribution in [0.3, 0.4) is 0 Å². The van der Waals surface area contributed by atoms with E-state index in [4.69, 9.17) is 5.73 Å². The first-order valence-electron chi connectivity index (χ1n) is 9.74. The second-order valence-corrected chi connectivity index (χ2v) is 8.18. The van der Waals surface area contributed by atoms with Gasteiger partial charge in [-0.05, 0) is 44.7 Å². The standard InChI is InChI=1S/C20H28N4O2/c1-20(21)11-5-4-6-15(20)18(25)23-12-9-14(10-13-23)24-17-8-3-2-7-16(17)22-19(24)26/h2-3,7-8,14-15H,4-6,9-13,21H2,1H3,(H,22,26). The number of nitrogens with one attached hydrogen (secondary N) is 1. The zero-order chi connectivity index (χ0) is 18.3. The highest BCUT2D eigenvalue weighted by Gasteiger charge is 2.40. The van der Waals surface area contributed by atoms with Gasteiger partial charge in [0.05, 0.1) is 17.0 Å². The normalized spacial score (nSPS) is 27.8. The van der Waals surface area contributed by atoms with Gasteiger partial charge in [-0.2, -0.15) is 0 Å². The summed E-state index contributed by atoms with van der Waals surface area (Å²) in [5.74, 6) is 0.142. The van der Waals surface area contributed by atoms with Gasteiger partial charge in [-0.1, -0.05) is 25.0 Å². The first kappa shape index (κ1) is 17.3. The van der Waals surface area contributed by atoms with Gasteiger partial charge in [0.2, 0.25) is 5.91 Å². The lowest BCUT2D eigenvalue weighted by atomic mass is 9.74. The minimum absolute atomic E-state index is 0.0576. The van der Waals surface area contributed by atoms with Crippen LogP contribution in [0.4, 0.5) is 0 Å². The van der Waals surface area contributed by atoms with Crippen LogP contribution in [0.15, 0.2) is 29.1 Å². The number of hydrogen-bond acceptors (Lipinski definition) is 3. The third-order valence-electron chi connectivity index (χ3n) is 6.32. The predicted molar refractivity (Wildman–Crippen MR) is 102 cm³/mol. The summed E-state index contributed by atoms with van der Waals surface area (Å²) >= 11 is 0. The number of piperidine rings is 1. The fourth-order valence-electron chi connectivity index (χ4n) is 4.77. The molecule has 0 spiro atoms. The van der Waals surface area contributed by atoms with E-state index in [2.05, 4.69) is 4.98 Å². The smallest absolute Gasteiger partial charge is 0.326 e. The Balaban J connectivity index is 1.48. The SMILES string of the molecule is CC1(N)CCCCC1C(=O)N1CCC(n2c(=O)[nH]c3ccccc32)CC1. The number of fused-ring (bicyclic) bond motifs is 1. The first-order valence-corrected chi connectivity index (χ1v) is 9.74. The Kier molecular flexibility index (Phi) is 4.39. The fourth-order valence-corrected chi connectivity index (χ4v) is 4.77. The average molecular weight is 356 g/mol. The van der Waals surface area contributed by atoms with Gasteiger partial charge in [-0.3, -0.25) is 9.36 Å². The Morgan fingerprint density at radius 1 is 1.19 bits per heavy atom. The number of amides is 1. The third kappa shape index (κ3) is 2.96. The van der Waals surface area contributed by atoms with E-state index in [1.54, 1.807) is 0 Å². The predicted octanol–water partition coefficient (Wildman–Crippen LogP) is 2.40. The first-order chi connectivity index (χ1) is 12.5. The number of rotatable bonds is 2. The van der Waals surface area contributed by atoms with Gasteiger partial charge in [0, 0.05) is 24.7 Å². The highest BCUT2D eigenvalue weighted by atomic mass is 16.2. The number of hydrogen-bond donors (Lipinski definition) is 2. The van der Waals surface area contributed by atoms with Crippen molar-refractivity contribution in [1.82, 2.24) is 14.5 Å². The summed E-state index contributed by atoms with van der Waals surface area (Å²) in [5.41, 5.74) is 7.79. The molecule has 0 bridgehead atoms. The van der Waals surface area contributed by atoms with Crippen molar-refractivity contribution in [2.24, 2.45) is 11.7 Å². The van der Waals surface area contributed by atoms with E-state index in [1.165, 1.54) is 0 Å². The number of aromatic nitrogens is 2. The zero-order valence-electron chi connectivity index (χ0n) is 15.4. The van der Waals surface area contributed by atoms with E-state index in [0.717, 1.165) is 49.6 Å². The minimum Gasteiger partial charge on any atom is -0.342 e. The highest BCUT2D eigenvalue weighted by Crippen LogP contribution is 2.34. The van der Waals surface area contributed by atoms with Gasteiger partial charge in [-0.15, -0.1) is 0 Å². The van der Waals surface area contributed by atoms with Gasteiger partial charge in [0.25, 0.3) is 0 Å². The van der Waals surface area contributed by atoms with Crippen molar-refractivity contribution in [2.45, 2.75) is 57.0 Å². The van der Waals surface area contributed by atoms with Crippen molar-refractivity contribution in [3.8, 4) is 0 Å². The number of carbonyl (C=O) groups is 1. The van der Waals surface area contributed by atoms with Crippen LogP contribution in [-0.4, -0.2) is 39.0 Å². The molecule has 1 aromatic carbocycles. The van der Waals surface area contributed by atoms with Crippen LogP contribution in [0.5, 0.6) is 0 Å². The maximum absolute atomic E-state index is 13.0. The summed E-state index contributed by atoms with van der Waals surface area (Å²) < 4.78 is 1.87. The molecule has 1 amide bonds. The molecule has 2 aliphatic rings. The number of H-pyrrole nitrogens is 1. The number of imidazole rings is 1. The molecular formula is C20H28N4O2. The molecule has 1 saturated carbocycles. The van der Waals surface area contributed by atoms with Crippen molar-refractivity contribution in [3.63, 3.8) is 0 Å². The van der Waals surface area contributed by atoms with E-state index in [-0.39, 0.29) is 29.1 Å². The van der Waals surface area contributed by atoms with E-state index in [0.29, 0.717) is 13.1 Å². The maximum Gasteiger partial charge on any atom is 0.326 e. The van der Waals surface area contributed by atoms with Gasteiger partial charge in [0.15, 0.2) is 0 Å². The van der Waals surface area contributed by atoms with Gasteiger partial charge < -0.3 is 15.6 Å². The molecule has 1 aliphatic carbocycles. The fraction of sp³-hybridized carbons (Fsp3) is 0.600. The van der Waals surface area contributed by atoms with Crippen LogP contribution < -0.4 is 11.4 Å². The molecule has 2 unspecified atom stereocenters. The lowest BCUT2D eigenvalue weighted by molar-refractivity contribution is -0.140. The lowest BCUT2D eigenvalue weighted by Gasteiger charge is -2.41. The monoisotopic (exact) mass is 356 g/mol. The highest BCUT2D eigenvalue weighted by molar-refractivity contribution is 5.80. The minimum atomic E-state index is -0.389. The molecule has 26 heavy (non-hydrogen) atoms. The quantitative estimate of drug-likeness (QED) is 0.866. The molecule has 1 aliphatic heterocycles. The number of para-hydroxylation sites is 2. The molecule has 6 heteroatoms. The third-order valence-corrected chi connectivity index (χ3v) is 6.32. The van der Waals surface area contributed by atoms with Crippen LogP contribution in [0, 0.1) is 5.92 Å². The Hall–Kier alpha value is -2.08. The Bertz CT molecular complexity index is 858. The number of nitrogens with zero attached hydrogens (tertiary/aromatic N) is 2. The molecule has 2 fully saturated rings. The van der Waals surface area contributed by atoms with Crippen molar-refractivity contribution >= 4 is 16.9 Å². The molecule has 0 radical (unpaired) electrons. The number of likely N-dealkylation sites (tertiary alicyclic amines) is 1. The van der Waals surface area contributed by atoms with Crippen molar-refractivity contribution in [2.75, 3.05) is 13.1 Å². The van der Waals surface area contributed by atoms with Crippen molar-refractivity contribution < 1.29 is 4.79 Å². The van der Waals surface area contributed by atoms with Gasteiger partial charge in [0.1, 0.15) is 0 Å². The molecule has 1 saturated heterocycles. The molecule has 2 aromatic rings. The summed E-state index contributed by atoms with van der Waals surface area (Å²) in [6.07, 6.45) is 5.63. The summed E-state index contributed by atoms with van der Waals surface area (Å²) in [4.78, 5) is 30.3. The molecule has 2 atom stereocenters. The number of nitrogens with two attached hydrogens (primary N) is 1. The summed E-state index contributed by atoms with van der Waals surface area (Å²) in [6.45, 7) is 3.41. The van der Waals surface area contributed by atoms with E-state index < -0.39 is 0 Å². The molecule has 2 heterocycles. The summed E-state index contributed by atoms with van der Waals surface area (Å²) in [7, 11) is 0. The van der Waals surface area contributed by atoms with Gasteiger partial charge in [-0.25, -0.2) is 4.79 Å².